The highest BCUT2D eigenvalue weighted by molar-refractivity contribution is 7.92. The summed E-state index contributed by atoms with van der Waals surface area (Å²) in [6.45, 7) is 0.661. The number of nitrogens with zero attached hydrogens (tertiary/aromatic N) is 4. The number of carbonyl (C=O) groups is 1. The van der Waals surface area contributed by atoms with Crippen LogP contribution in [0.15, 0.2) is 18.5 Å². The monoisotopic (exact) mass is 394 g/mol. The van der Waals surface area contributed by atoms with E-state index in [1.165, 1.54) is 23.2 Å². The lowest BCUT2D eigenvalue weighted by Gasteiger charge is -2.44. The van der Waals surface area contributed by atoms with Gasteiger partial charge in [0.25, 0.3) is 5.91 Å². The standard InChI is InChI=1S/C18H21FN4OS.CH3F/c19-25-23-9-8-14-16-15(10-20-17(14)23)18(24)22(13-6-7-13)11-21(16)12-4-2-1-3-5-12;1-2/h8-10,12-13H,1-7,11H2;1H3. The number of alkyl halides is 1. The molecule has 0 bridgehead atoms. The number of hydrogen-bond acceptors (Lipinski definition) is 4. The lowest BCUT2D eigenvalue weighted by Crippen LogP contribution is -2.52. The maximum absolute atomic E-state index is 13.2. The summed E-state index contributed by atoms with van der Waals surface area (Å²) in [5.74, 6) is 0.0830. The predicted molar refractivity (Wildman–Crippen MR) is 104 cm³/mol. The van der Waals surface area contributed by atoms with Crippen LogP contribution < -0.4 is 4.90 Å². The smallest absolute Gasteiger partial charge is 0.259 e. The zero-order valence-corrected chi connectivity index (χ0v) is 16.2. The summed E-state index contributed by atoms with van der Waals surface area (Å²) in [6.07, 6.45) is 11.6. The number of amides is 1. The molecule has 0 aromatic carbocycles. The summed E-state index contributed by atoms with van der Waals surface area (Å²) in [7, 11) is 0.500. The number of rotatable bonds is 3. The third kappa shape index (κ3) is 3.17. The highest BCUT2D eigenvalue weighted by atomic mass is 32.2. The van der Waals surface area contributed by atoms with E-state index in [-0.39, 0.29) is 18.2 Å². The fraction of sp³-hybridized carbons (Fsp3) is 0.579. The van der Waals surface area contributed by atoms with Crippen LogP contribution in [-0.4, -0.2) is 45.7 Å². The van der Waals surface area contributed by atoms with E-state index < -0.39 is 0 Å². The normalized spacial score (nSPS) is 20.5. The van der Waals surface area contributed by atoms with Crippen LogP contribution in [0.25, 0.3) is 11.0 Å². The molecule has 0 unspecified atom stereocenters. The van der Waals surface area contributed by atoms with Crippen molar-refractivity contribution in [1.82, 2.24) is 13.9 Å². The number of pyridine rings is 1. The summed E-state index contributed by atoms with van der Waals surface area (Å²) in [6, 6.07) is 2.73. The quantitative estimate of drug-likeness (QED) is 0.756. The van der Waals surface area contributed by atoms with Crippen LogP contribution in [0.4, 0.5) is 14.0 Å². The number of hydrogen-bond donors (Lipinski definition) is 0. The molecule has 0 N–H and O–H groups in total. The van der Waals surface area contributed by atoms with Crippen molar-refractivity contribution >= 4 is 35.0 Å². The van der Waals surface area contributed by atoms with E-state index in [0.717, 1.165) is 36.8 Å². The summed E-state index contributed by atoms with van der Waals surface area (Å²) in [5.41, 5.74) is 2.24. The number of anilines is 1. The van der Waals surface area contributed by atoms with Crippen molar-refractivity contribution in [3.8, 4) is 0 Å². The molecule has 2 saturated carbocycles. The lowest BCUT2D eigenvalue weighted by atomic mass is 9.92. The molecule has 2 fully saturated rings. The molecule has 0 spiro atoms. The molecule has 0 saturated heterocycles. The van der Waals surface area contributed by atoms with Crippen LogP contribution in [0, 0.1) is 0 Å². The fourth-order valence-electron chi connectivity index (χ4n) is 4.38. The zero-order chi connectivity index (χ0) is 19.0. The van der Waals surface area contributed by atoms with Crippen LogP contribution in [-0.2, 0) is 0 Å². The molecule has 0 atom stereocenters. The molecule has 1 aliphatic heterocycles. The summed E-state index contributed by atoms with van der Waals surface area (Å²) >= 11 is 0.149. The van der Waals surface area contributed by atoms with Gasteiger partial charge in [0.2, 0.25) is 0 Å². The lowest BCUT2D eigenvalue weighted by molar-refractivity contribution is 0.0720. The Labute approximate surface area is 162 Å². The van der Waals surface area contributed by atoms with Gasteiger partial charge in [-0.1, -0.05) is 19.3 Å². The van der Waals surface area contributed by atoms with Gasteiger partial charge in [0.05, 0.1) is 25.1 Å². The zero-order valence-electron chi connectivity index (χ0n) is 15.4. The average molecular weight is 394 g/mol. The van der Waals surface area contributed by atoms with Crippen molar-refractivity contribution in [2.24, 2.45) is 0 Å². The first-order valence-electron chi connectivity index (χ1n) is 9.52. The van der Waals surface area contributed by atoms with Gasteiger partial charge in [-0.25, -0.2) is 8.96 Å². The van der Waals surface area contributed by atoms with Gasteiger partial charge in [0.15, 0.2) is 18.0 Å². The maximum atomic E-state index is 13.2. The van der Waals surface area contributed by atoms with Gasteiger partial charge in [-0.2, -0.15) is 0 Å². The Morgan fingerprint density at radius 1 is 1.07 bits per heavy atom. The van der Waals surface area contributed by atoms with Crippen molar-refractivity contribution in [2.75, 3.05) is 18.7 Å². The first-order chi connectivity index (χ1) is 13.3. The molecular weight excluding hydrogens is 370 g/mol. The molecule has 5 nitrogen and oxygen atoms in total. The largest absolute Gasteiger partial charge is 0.349 e. The van der Waals surface area contributed by atoms with Crippen LogP contribution in [0.2, 0.25) is 0 Å². The van der Waals surface area contributed by atoms with Crippen molar-refractivity contribution in [1.29, 1.82) is 0 Å². The summed E-state index contributed by atoms with van der Waals surface area (Å²) in [5, 5.41) is 0.886. The molecule has 3 aliphatic rings. The summed E-state index contributed by atoms with van der Waals surface area (Å²) < 4.78 is 24.1. The van der Waals surface area contributed by atoms with E-state index in [4.69, 9.17) is 0 Å². The third-order valence-electron chi connectivity index (χ3n) is 5.81. The third-order valence-corrected chi connectivity index (χ3v) is 6.26. The second-order valence-corrected chi connectivity index (χ2v) is 7.91. The Hall–Kier alpha value is -1.83. The molecule has 1 amide bonds. The van der Waals surface area contributed by atoms with E-state index in [9.17, 15) is 13.1 Å². The van der Waals surface area contributed by atoms with Gasteiger partial charge in [-0.3, -0.25) is 9.18 Å². The summed E-state index contributed by atoms with van der Waals surface area (Å²) in [4.78, 5) is 21.8. The van der Waals surface area contributed by atoms with Gasteiger partial charge in [0, 0.05) is 29.9 Å². The Morgan fingerprint density at radius 3 is 2.44 bits per heavy atom. The molecule has 27 heavy (non-hydrogen) atoms. The Bertz CT molecular complexity index is 832. The average Bonchev–Trinajstić information content (AvgIpc) is 3.48. The van der Waals surface area contributed by atoms with E-state index in [0.29, 0.717) is 37.1 Å². The number of fused-ring (bicyclic) bond motifs is 3. The van der Waals surface area contributed by atoms with Gasteiger partial charge < -0.3 is 9.80 Å². The number of aromatic nitrogens is 2. The predicted octanol–water partition coefficient (Wildman–Crippen LogP) is 4.72. The minimum atomic E-state index is 0.0830. The molecule has 2 aromatic rings. The SMILES string of the molecule is CF.O=C1c2cnc3c(ccn3SF)c2N(C2CCCCC2)CN1C1CC1. The Kier molecular flexibility index (Phi) is 5.25. The van der Waals surface area contributed by atoms with Gasteiger partial charge in [0.1, 0.15) is 0 Å². The van der Waals surface area contributed by atoms with E-state index in [2.05, 4.69) is 9.88 Å². The van der Waals surface area contributed by atoms with Gasteiger partial charge in [-0.05, 0) is 31.7 Å². The van der Waals surface area contributed by atoms with Crippen molar-refractivity contribution < 1.29 is 13.1 Å². The topological polar surface area (TPSA) is 41.4 Å². The molecule has 0 radical (unpaired) electrons. The molecule has 2 aliphatic carbocycles. The maximum Gasteiger partial charge on any atom is 0.259 e. The fourth-order valence-corrected chi connectivity index (χ4v) is 4.70. The molecule has 3 heterocycles. The van der Waals surface area contributed by atoms with Crippen LogP contribution in [0.5, 0.6) is 0 Å². The second-order valence-electron chi connectivity index (χ2n) is 7.38. The molecule has 5 rings (SSSR count). The minimum Gasteiger partial charge on any atom is -0.349 e. The highest BCUT2D eigenvalue weighted by Gasteiger charge is 2.41. The Morgan fingerprint density at radius 2 is 1.78 bits per heavy atom. The minimum absolute atomic E-state index is 0.0830. The van der Waals surface area contributed by atoms with E-state index in [1.807, 2.05) is 11.0 Å². The van der Waals surface area contributed by atoms with Crippen LogP contribution in [0.1, 0.15) is 55.3 Å². The second kappa shape index (κ2) is 7.66. The van der Waals surface area contributed by atoms with Gasteiger partial charge >= 0.3 is 0 Å². The highest BCUT2D eigenvalue weighted by Crippen LogP contribution is 2.41. The van der Waals surface area contributed by atoms with Crippen molar-refractivity contribution in [2.45, 2.75) is 57.0 Å². The first kappa shape index (κ1) is 18.5. The van der Waals surface area contributed by atoms with Crippen LogP contribution in [0.3, 0.4) is 0 Å². The van der Waals surface area contributed by atoms with Crippen molar-refractivity contribution in [3.05, 3.63) is 24.0 Å². The number of carbonyl (C=O) groups excluding carboxylic acids is 1. The Balaban J connectivity index is 0.000000872. The number of halogens is 2. The van der Waals surface area contributed by atoms with E-state index in [1.54, 1.807) is 12.4 Å². The van der Waals surface area contributed by atoms with Crippen molar-refractivity contribution in [3.63, 3.8) is 0 Å². The van der Waals surface area contributed by atoms with E-state index >= 15 is 0 Å². The van der Waals surface area contributed by atoms with Gasteiger partial charge in [-0.15, -0.1) is 3.89 Å². The molecular formula is C19H24F2N4OS. The molecule has 146 valence electrons. The first-order valence-corrected chi connectivity index (χ1v) is 10.2. The molecule has 8 heteroatoms. The van der Waals surface area contributed by atoms with Crippen LogP contribution >= 0.6 is 12.3 Å². The molecule has 2 aromatic heterocycles.